The van der Waals surface area contributed by atoms with Crippen molar-refractivity contribution in [1.82, 2.24) is 0 Å². The second-order valence-corrected chi connectivity index (χ2v) is 3.52. The quantitative estimate of drug-likeness (QED) is 0.542. The molecular formula is C11H10ClNO. The van der Waals surface area contributed by atoms with Gasteiger partial charge in [-0.25, -0.2) is 0 Å². The van der Waals surface area contributed by atoms with E-state index in [9.17, 15) is 4.79 Å². The maximum absolute atomic E-state index is 11.3. The fourth-order valence-electron chi connectivity index (χ4n) is 1.55. The van der Waals surface area contributed by atoms with E-state index >= 15 is 0 Å². The van der Waals surface area contributed by atoms with Crippen LogP contribution in [0.3, 0.4) is 0 Å². The normalized spacial score (nSPS) is 13.8. The van der Waals surface area contributed by atoms with Crippen LogP contribution in [0.1, 0.15) is 22.3 Å². The Balaban J connectivity index is 2.39. The number of ketones is 1. The van der Waals surface area contributed by atoms with Gasteiger partial charge in [0, 0.05) is 11.8 Å². The van der Waals surface area contributed by atoms with E-state index in [2.05, 4.69) is 4.99 Å². The van der Waals surface area contributed by atoms with Crippen LogP contribution in [0.5, 0.6) is 0 Å². The number of fused-ring (bicyclic) bond motifs is 1. The summed E-state index contributed by atoms with van der Waals surface area (Å²) in [7, 11) is 0. The molecule has 0 aromatic heterocycles. The Morgan fingerprint density at radius 1 is 1.50 bits per heavy atom. The molecule has 2 nitrogen and oxygen atoms in total. The number of nitrogens with zero attached hydrogens (tertiary/aromatic N) is 1. The van der Waals surface area contributed by atoms with Gasteiger partial charge in [-0.1, -0.05) is 0 Å². The molecule has 0 saturated carbocycles. The number of aliphatic imine (C=N–C) groups is 1. The van der Waals surface area contributed by atoms with E-state index in [0.717, 1.165) is 24.1 Å². The maximum Gasteiger partial charge on any atom is 0.177 e. The Morgan fingerprint density at radius 3 is 3.14 bits per heavy atom. The number of carbonyl (C=O) groups excluding carboxylic acids is 1. The first-order chi connectivity index (χ1) is 6.81. The first-order valence-electron chi connectivity index (χ1n) is 4.56. The van der Waals surface area contributed by atoms with Crippen molar-refractivity contribution in [2.24, 2.45) is 4.99 Å². The molecular weight excluding hydrogens is 198 g/mol. The van der Waals surface area contributed by atoms with E-state index in [1.165, 1.54) is 0 Å². The van der Waals surface area contributed by atoms with Crippen molar-refractivity contribution < 1.29 is 4.79 Å². The van der Waals surface area contributed by atoms with E-state index in [-0.39, 0.29) is 11.7 Å². The summed E-state index contributed by atoms with van der Waals surface area (Å²) in [6.45, 7) is 0. The number of hydrogen-bond acceptors (Lipinski definition) is 2. The molecule has 1 aromatic rings. The lowest BCUT2D eigenvalue weighted by atomic mass is 10.0. The highest BCUT2D eigenvalue weighted by Crippen LogP contribution is 2.25. The first kappa shape index (κ1) is 9.41. The second-order valence-electron chi connectivity index (χ2n) is 3.25. The number of aryl methyl sites for hydroxylation is 1. The zero-order valence-electron chi connectivity index (χ0n) is 7.66. The highest BCUT2D eigenvalue weighted by molar-refractivity contribution is 6.30. The van der Waals surface area contributed by atoms with Gasteiger partial charge in [0.15, 0.2) is 5.78 Å². The van der Waals surface area contributed by atoms with E-state index in [1.807, 2.05) is 18.3 Å². The van der Waals surface area contributed by atoms with Crippen molar-refractivity contribution in [3.8, 4) is 0 Å². The maximum atomic E-state index is 11.3. The SMILES string of the molecule is O=C(CCl)c1ccc2c(c1)CCC=N2. The molecule has 1 aliphatic rings. The third-order valence-electron chi connectivity index (χ3n) is 2.30. The minimum atomic E-state index is -0.0241. The topological polar surface area (TPSA) is 29.4 Å². The zero-order chi connectivity index (χ0) is 9.97. The van der Waals surface area contributed by atoms with Crippen LogP contribution in [0.15, 0.2) is 23.2 Å². The predicted molar refractivity (Wildman–Crippen MR) is 58.0 cm³/mol. The number of rotatable bonds is 2. The minimum absolute atomic E-state index is 0.0241. The smallest absolute Gasteiger partial charge is 0.177 e. The van der Waals surface area contributed by atoms with Crippen molar-refractivity contribution in [2.45, 2.75) is 12.8 Å². The highest BCUT2D eigenvalue weighted by atomic mass is 35.5. The van der Waals surface area contributed by atoms with Crippen LogP contribution >= 0.6 is 11.6 Å². The van der Waals surface area contributed by atoms with Gasteiger partial charge in [0.25, 0.3) is 0 Å². The molecule has 1 heterocycles. The summed E-state index contributed by atoms with van der Waals surface area (Å²) in [4.78, 5) is 15.6. The molecule has 3 heteroatoms. The molecule has 0 spiro atoms. The largest absolute Gasteiger partial charge is 0.293 e. The van der Waals surface area contributed by atoms with Gasteiger partial charge in [0.05, 0.1) is 11.6 Å². The van der Waals surface area contributed by atoms with Gasteiger partial charge in [-0.2, -0.15) is 0 Å². The van der Waals surface area contributed by atoms with Crippen LogP contribution in [-0.4, -0.2) is 17.9 Å². The van der Waals surface area contributed by atoms with Crippen molar-refractivity contribution in [2.75, 3.05) is 5.88 Å². The third-order valence-corrected chi connectivity index (χ3v) is 2.54. The molecule has 1 aliphatic heterocycles. The average molecular weight is 208 g/mol. The Bertz CT molecular complexity index is 398. The van der Waals surface area contributed by atoms with Gasteiger partial charge >= 0.3 is 0 Å². The number of alkyl halides is 1. The second kappa shape index (κ2) is 3.93. The fourth-order valence-corrected chi connectivity index (χ4v) is 1.70. The summed E-state index contributed by atoms with van der Waals surface area (Å²) >= 11 is 5.49. The molecule has 0 fully saturated rings. The van der Waals surface area contributed by atoms with E-state index in [1.54, 1.807) is 6.07 Å². The molecule has 72 valence electrons. The first-order valence-corrected chi connectivity index (χ1v) is 5.09. The predicted octanol–water partition coefficient (Wildman–Crippen LogP) is 2.76. The molecule has 14 heavy (non-hydrogen) atoms. The highest BCUT2D eigenvalue weighted by Gasteiger charge is 2.09. The summed E-state index contributed by atoms with van der Waals surface area (Å²) in [5.74, 6) is 0.0196. The Kier molecular flexibility index (Phi) is 2.64. The van der Waals surface area contributed by atoms with Crippen molar-refractivity contribution in [3.63, 3.8) is 0 Å². The van der Waals surface area contributed by atoms with Crippen molar-refractivity contribution in [1.29, 1.82) is 0 Å². The summed E-state index contributed by atoms with van der Waals surface area (Å²) in [5, 5.41) is 0. The molecule has 0 amide bonds. The van der Waals surface area contributed by atoms with E-state index in [4.69, 9.17) is 11.6 Å². The lowest BCUT2D eigenvalue weighted by Gasteiger charge is -2.10. The summed E-state index contributed by atoms with van der Waals surface area (Å²) in [6.07, 6.45) is 3.82. The number of halogens is 1. The third kappa shape index (κ3) is 1.70. The lowest BCUT2D eigenvalue weighted by molar-refractivity contribution is 0.102. The average Bonchev–Trinajstić information content (AvgIpc) is 2.27. The molecule has 0 unspecified atom stereocenters. The van der Waals surface area contributed by atoms with Gasteiger partial charge in [0.1, 0.15) is 0 Å². The van der Waals surface area contributed by atoms with E-state index in [0.29, 0.717) is 5.56 Å². The number of Topliss-reactive ketones (excluding diaryl/α,β-unsaturated/α-hetero) is 1. The van der Waals surface area contributed by atoms with Crippen LogP contribution in [0.2, 0.25) is 0 Å². The van der Waals surface area contributed by atoms with E-state index < -0.39 is 0 Å². The van der Waals surface area contributed by atoms with Gasteiger partial charge in [0.2, 0.25) is 0 Å². The summed E-state index contributed by atoms with van der Waals surface area (Å²) < 4.78 is 0. The fraction of sp³-hybridized carbons (Fsp3) is 0.273. The molecule has 0 radical (unpaired) electrons. The van der Waals surface area contributed by atoms with Crippen LogP contribution in [0, 0.1) is 0 Å². The number of carbonyl (C=O) groups is 1. The molecule has 2 rings (SSSR count). The Hall–Kier alpha value is -1.15. The van der Waals surface area contributed by atoms with Gasteiger partial charge in [-0.05, 0) is 36.6 Å². The number of benzene rings is 1. The molecule has 0 atom stereocenters. The molecule has 0 N–H and O–H groups in total. The monoisotopic (exact) mass is 207 g/mol. The molecule has 0 saturated heterocycles. The molecule has 0 bridgehead atoms. The van der Waals surface area contributed by atoms with Crippen LogP contribution in [-0.2, 0) is 6.42 Å². The van der Waals surface area contributed by atoms with Crippen molar-refractivity contribution >= 4 is 29.3 Å². The summed E-state index contributed by atoms with van der Waals surface area (Å²) in [5.41, 5.74) is 2.81. The van der Waals surface area contributed by atoms with Gasteiger partial charge < -0.3 is 0 Å². The van der Waals surface area contributed by atoms with Crippen molar-refractivity contribution in [3.05, 3.63) is 29.3 Å². The van der Waals surface area contributed by atoms with Crippen LogP contribution < -0.4 is 0 Å². The van der Waals surface area contributed by atoms with Gasteiger partial charge in [-0.3, -0.25) is 9.79 Å². The Labute approximate surface area is 87.6 Å². The van der Waals surface area contributed by atoms with Crippen LogP contribution in [0.4, 0.5) is 5.69 Å². The summed E-state index contributed by atoms with van der Waals surface area (Å²) in [6, 6.07) is 5.56. The minimum Gasteiger partial charge on any atom is -0.293 e. The molecule has 0 aliphatic carbocycles. The van der Waals surface area contributed by atoms with Crippen LogP contribution in [0.25, 0.3) is 0 Å². The standard InChI is InChI=1S/C11H10ClNO/c12-7-11(14)9-3-4-10-8(6-9)2-1-5-13-10/h3-6H,1-2,7H2. The van der Waals surface area contributed by atoms with Gasteiger partial charge in [-0.15, -0.1) is 11.6 Å². The zero-order valence-corrected chi connectivity index (χ0v) is 8.42. The Morgan fingerprint density at radius 2 is 2.36 bits per heavy atom. The number of hydrogen-bond donors (Lipinski definition) is 0. The molecule has 1 aromatic carbocycles. The lowest BCUT2D eigenvalue weighted by Crippen LogP contribution is -2.02.